The van der Waals surface area contributed by atoms with Crippen LogP contribution in [0.4, 0.5) is 28.1 Å². The van der Waals surface area contributed by atoms with Crippen LogP contribution in [-0.4, -0.2) is 101 Å². The van der Waals surface area contributed by atoms with Crippen molar-refractivity contribution in [2.75, 3.05) is 87.0 Å². The highest BCUT2D eigenvalue weighted by Crippen LogP contribution is 2.29. The van der Waals surface area contributed by atoms with Crippen molar-refractivity contribution < 1.29 is 14.3 Å². The molecule has 0 atom stereocenters. The molecule has 0 aliphatic carbocycles. The van der Waals surface area contributed by atoms with Crippen LogP contribution in [0, 0.1) is 0 Å². The molecule has 2 fully saturated rings. The Balaban J connectivity index is 1.20. The van der Waals surface area contributed by atoms with E-state index in [4.69, 9.17) is 25.2 Å². The van der Waals surface area contributed by atoms with Crippen LogP contribution >= 0.6 is 0 Å². The van der Waals surface area contributed by atoms with E-state index in [2.05, 4.69) is 25.5 Å². The number of anilines is 4. The van der Waals surface area contributed by atoms with Gasteiger partial charge in [-0.1, -0.05) is 0 Å². The average Bonchev–Trinajstić information content (AvgIpc) is 3.43. The summed E-state index contributed by atoms with van der Waals surface area (Å²) >= 11 is 0. The van der Waals surface area contributed by atoms with Gasteiger partial charge in [-0.3, -0.25) is 9.47 Å². The number of carbonyl (C=O) groups excluding carboxylic acids is 1. The van der Waals surface area contributed by atoms with Crippen molar-refractivity contribution in [3.8, 4) is 11.3 Å². The largest absolute Gasteiger partial charge is 0.384 e. The number of ether oxygens (including phenoxy) is 2. The molecule has 3 aromatic heterocycles. The van der Waals surface area contributed by atoms with Crippen molar-refractivity contribution in [1.82, 2.24) is 29.4 Å². The van der Waals surface area contributed by atoms with Gasteiger partial charge in [-0.2, -0.15) is 4.98 Å². The lowest BCUT2D eigenvalue weighted by Gasteiger charge is -2.27. The number of hydrogen-bond acceptors (Lipinski definition) is 11. The number of benzene rings is 1. The smallest absolute Gasteiger partial charge is 0.331 e. The van der Waals surface area contributed by atoms with Crippen LogP contribution in [0.1, 0.15) is 0 Å². The summed E-state index contributed by atoms with van der Waals surface area (Å²) in [5.74, 6) is 0.695. The second-order valence-electron chi connectivity index (χ2n) is 9.61. The Morgan fingerprint density at radius 3 is 2.30 bits per heavy atom. The molecule has 2 aliphatic rings. The first-order chi connectivity index (χ1) is 19.6. The molecule has 13 heteroatoms. The van der Waals surface area contributed by atoms with Crippen LogP contribution in [0.5, 0.6) is 0 Å². The standard InChI is InChI=1S/C27H32N10O3/c28-25-30-17-19(18-31-25)23-22-5-7-37(24(22)34-26(33-23)36-11-15-40-16-12-36)27(38)32-21-3-1-20(2-4-21)29-6-8-35-9-13-39-14-10-35/h1-5,7,17-18,29H,6,8-16H2,(H,32,38)(H2,28,30,31). The van der Waals surface area contributed by atoms with Gasteiger partial charge in [0, 0.05) is 80.2 Å². The molecule has 4 aromatic rings. The number of nitrogens with one attached hydrogen (secondary N) is 2. The minimum absolute atomic E-state index is 0.178. The summed E-state index contributed by atoms with van der Waals surface area (Å²) < 4.78 is 12.4. The summed E-state index contributed by atoms with van der Waals surface area (Å²) in [5.41, 5.74) is 9.18. The summed E-state index contributed by atoms with van der Waals surface area (Å²) in [6, 6.07) is 9.18. The summed E-state index contributed by atoms with van der Waals surface area (Å²) in [4.78, 5) is 35.7. The zero-order valence-corrected chi connectivity index (χ0v) is 22.1. The average molecular weight is 545 g/mol. The van der Waals surface area contributed by atoms with Crippen LogP contribution in [0.15, 0.2) is 48.9 Å². The summed E-state index contributed by atoms with van der Waals surface area (Å²) in [5, 5.41) is 7.12. The fourth-order valence-electron chi connectivity index (χ4n) is 4.79. The molecule has 2 saturated heterocycles. The van der Waals surface area contributed by atoms with E-state index in [0.29, 0.717) is 60.2 Å². The highest BCUT2D eigenvalue weighted by molar-refractivity contribution is 6.01. The van der Waals surface area contributed by atoms with Gasteiger partial charge in [-0.15, -0.1) is 0 Å². The van der Waals surface area contributed by atoms with E-state index >= 15 is 0 Å². The number of nitrogens with two attached hydrogens (primary N) is 1. The highest BCUT2D eigenvalue weighted by Gasteiger charge is 2.21. The number of rotatable bonds is 7. The molecule has 4 N–H and O–H groups in total. The van der Waals surface area contributed by atoms with Crippen molar-refractivity contribution in [3.05, 3.63) is 48.9 Å². The third-order valence-corrected chi connectivity index (χ3v) is 6.99. The van der Waals surface area contributed by atoms with E-state index in [1.165, 1.54) is 4.57 Å². The second-order valence-corrected chi connectivity index (χ2v) is 9.61. The molecule has 1 aromatic carbocycles. The molecule has 5 heterocycles. The third-order valence-electron chi connectivity index (χ3n) is 6.99. The molecule has 6 rings (SSSR count). The second kappa shape index (κ2) is 11.8. The summed E-state index contributed by atoms with van der Waals surface area (Å²) in [7, 11) is 0. The number of hydrogen-bond donors (Lipinski definition) is 3. The maximum Gasteiger partial charge on any atom is 0.331 e. The maximum absolute atomic E-state index is 13.4. The normalized spacial score (nSPS) is 16.2. The Kier molecular flexibility index (Phi) is 7.66. The van der Waals surface area contributed by atoms with Gasteiger partial charge in [0.15, 0.2) is 5.65 Å². The fraction of sp³-hybridized carbons (Fsp3) is 0.370. The molecule has 0 unspecified atom stereocenters. The topological polar surface area (TPSA) is 149 Å². The number of nitrogens with zero attached hydrogens (tertiary/aromatic N) is 7. The van der Waals surface area contributed by atoms with Crippen molar-refractivity contribution in [3.63, 3.8) is 0 Å². The molecule has 40 heavy (non-hydrogen) atoms. The van der Waals surface area contributed by atoms with Crippen LogP contribution in [0.2, 0.25) is 0 Å². The molecule has 0 bridgehead atoms. The molecule has 208 valence electrons. The number of nitrogen functional groups attached to an aromatic ring is 1. The third kappa shape index (κ3) is 5.81. The van der Waals surface area contributed by atoms with Gasteiger partial charge < -0.3 is 30.7 Å². The number of aromatic nitrogens is 5. The maximum atomic E-state index is 13.4. The molecular formula is C27H32N10O3. The van der Waals surface area contributed by atoms with Crippen molar-refractivity contribution >= 4 is 40.3 Å². The lowest BCUT2D eigenvalue weighted by molar-refractivity contribution is 0.0398. The molecule has 0 saturated carbocycles. The molecule has 1 amide bonds. The predicted molar refractivity (Wildman–Crippen MR) is 153 cm³/mol. The SMILES string of the molecule is Nc1ncc(-c2nc(N3CCOCC3)nc3c2ccn3C(=O)Nc2ccc(NCCN3CCOCC3)cc2)cn1. The Morgan fingerprint density at radius 2 is 1.57 bits per heavy atom. The van der Waals surface area contributed by atoms with Crippen LogP contribution in [-0.2, 0) is 9.47 Å². The number of morpholine rings is 2. The lowest BCUT2D eigenvalue weighted by atomic mass is 10.2. The Labute approximate surface area is 231 Å². The first-order valence-electron chi connectivity index (χ1n) is 13.4. The Hall–Kier alpha value is -4.33. The minimum atomic E-state index is -0.325. The zero-order valence-electron chi connectivity index (χ0n) is 22.1. The molecule has 0 radical (unpaired) electrons. The monoisotopic (exact) mass is 544 g/mol. The van der Waals surface area contributed by atoms with Gasteiger partial charge in [-0.05, 0) is 30.3 Å². The van der Waals surface area contributed by atoms with Gasteiger partial charge in [-0.25, -0.2) is 19.7 Å². The van der Waals surface area contributed by atoms with Gasteiger partial charge in [0.25, 0.3) is 0 Å². The van der Waals surface area contributed by atoms with Gasteiger partial charge in [0.1, 0.15) is 0 Å². The van der Waals surface area contributed by atoms with E-state index in [9.17, 15) is 4.79 Å². The van der Waals surface area contributed by atoms with E-state index in [0.717, 1.165) is 45.1 Å². The molecule has 2 aliphatic heterocycles. The minimum Gasteiger partial charge on any atom is -0.384 e. The molecular weight excluding hydrogens is 512 g/mol. The van der Waals surface area contributed by atoms with E-state index in [-0.39, 0.29) is 12.0 Å². The quantitative estimate of drug-likeness (QED) is 0.314. The van der Waals surface area contributed by atoms with Crippen molar-refractivity contribution in [2.45, 2.75) is 0 Å². The van der Waals surface area contributed by atoms with E-state index in [1.54, 1.807) is 18.6 Å². The van der Waals surface area contributed by atoms with Gasteiger partial charge >= 0.3 is 6.03 Å². The predicted octanol–water partition coefficient (Wildman–Crippen LogP) is 2.13. The van der Waals surface area contributed by atoms with Crippen molar-refractivity contribution in [2.24, 2.45) is 0 Å². The zero-order chi connectivity index (χ0) is 27.3. The first-order valence-corrected chi connectivity index (χ1v) is 13.4. The van der Waals surface area contributed by atoms with Gasteiger partial charge in [0.2, 0.25) is 11.9 Å². The van der Waals surface area contributed by atoms with Crippen molar-refractivity contribution in [1.29, 1.82) is 0 Å². The molecule has 13 nitrogen and oxygen atoms in total. The number of fused-ring (bicyclic) bond motifs is 1. The summed E-state index contributed by atoms with van der Waals surface area (Å²) in [6.07, 6.45) is 4.95. The van der Waals surface area contributed by atoms with Crippen LogP contribution in [0.25, 0.3) is 22.3 Å². The number of amides is 1. The first kappa shape index (κ1) is 25.9. The van der Waals surface area contributed by atoms with Crippen LogP contribution in [0.3, 0.4) is 0 Å². The Bertz CT molecular complexity index is 1450. The van der Waals surface area contributed by atoms with Gasteiger partial charge in [0.05, 0.1) is 32.1 Å². The number of carbonyl (C=O) groups is 1. The lowest BCUT2D eigenvalue weighted by Crippen LogP contribution is -2.38. The Morgan fingerprint density at radius 1 is 0.900 bits per heavy atom. The highest BCUT2D eigenvalue weighted by atomic mass is 16.5. The van der Waals surface area contributed by atoms with E-state index in [1.807, 2.05) is 35.2 Å². The van der Waals surface area contributed by atoms with Crippen LogP contribution < -0.4 is 21.3 Å². The molecule has 0 spiro atoms. The fourth-order valence-corrected chi connectivity index (χ4v) is 4.79. The summed E-state index contributed by atoms with van der Waals surface area (Å²) in [6.45, 7) is 7.80. The van der Waals surface area contributed by atoms with E-state index < -0.39 is 0 Å².